The van der Waals surface area contributed by atoms with Crippen LogP contribution in [0, 0.1) is 26.2 Å². The summed E-state index contributed by atoms with van der Waals surface area (Å²) in [5.41, 5.74) is 6.57. The maximum Gasteiger partial charge on any atom is 0.283 e. The SMILES string of the molecule is Cc1cccc(C2=NN3C(=N)/C(=C/c4cc(C)n(Cc5ccccc5)c4C)C(=O)N=C3S2)c1. The summed E-state index contributed by atoms with van der Waals surface area (Å²) < 4.78 is 2.22. The molecule has 164 valence electrons. The van der Waals surface area contributed by atoms with Gasteiger partial charge in [0.25, 0.3) is 5.91 Å². The second-order valence-corrected chi connectivity index (χ2v) is 9.15. The number of aliphatic imine (C=N–C) groups is 1. The summed E-state index contributed by atoms with van der Waals surface area (Å²) in [7, 11) is 0. The van der Waals surface area contributed by atoms with Gasteiger partial charge in [-0.05, 0) is 61.9 Å². The zero-order chi connectivity index (χ0) is 23.1. The van der Waals surface area contributed by atoms with Gasteiger partial charge in [0.05, 0.1) is 5.57 Å². The van der Waals surface area contributed by atoms with E-state index in [0.717, 1.165) is 39.7 Å². The first-order chi connectivity index (χ1) is 15.9. The molecule has 5 rings (SSSR count). The van der Waals surface area contributed by atoms with E-state index in [-0.39, 0.29) is 11.4 Å². The fraction of sp³-hybridized carbons (Fsp3) is 0.154. The number of carbonyl (C=O) groups excluding carboxylic acids is 1. The van der Waals surface area contributed by atoms with Crippen LogP contribution in [-0.4, -0.2) is 31.5 Å². The van der Waals surface area contributed by atoms with Gasteiger partial charge in [-0.3, -0.25) is 10.2 Å². The van der Waals surface area contributed by atoms with Crippen molar-refractivity contribution < 1.29 is 4.79 Å². The van der Waals surface area contributed by atoms with Crippen molar-refractivity contribution in [3.05, 3.63) is 99.9 Å². The van der Waals surface area contributed by atoms with Gasteiger partial charge in [0.2, 0.25) is 5.17 Å². The minimum Gasteiger partial charge on any atom is -0.344 e. The number of rotatable bonds is 4. The molecule has 33 heavy (non-hydrogen) atoms. The molecule has 0 bridgehead atoms. The number of fused-ring (bicyclic) bond motifs is 1. The van der Waals surface area contributed by atoms with Gasteiger partial charge in [-0.15, -0.1) is 0 Å². The molecule has 7 heteroatoms. The second-order valence-electron chi connectivity index (χ2n) is 8.19. The molecule has 1 N–H and O–H groups in total. The van der Waals surface area contributed by atoms with E-state index in [4.69, 9.17) is 5.41 Å². The molecule has 0 saturated carbocycles. The Morgan fingerprint density at radius 3 is 2.58 bits per heavy atom. The third-order valence-electron chi connectivity index (χ3n) is 5.82. The minimum absolute atomic E-state index is 0.0491. The van der Waals surface area contributed by atoms with E-state index >= 15 is 0 Å². The number of nitrogens with zero attached hydrogens (tertiary/aromatic N) is 4. The number of amides is 1. The molecule has 6 nitrogen and oxygen atoms in total. The highest BCUT2D eigenvalue weighted by atomic mass is 32.2. The van der Waals surface area contributed by atoms with E-state index in [1.54, 1.807) is 6.08 Å². The Hall–Kier alpha value is -3.71. The summed E-state index contributed by atoms with van der Waals surface area (Å²) in [4.78, 5) is 17.1. The second kappa shape index (κ2) is 8.33. The topological polar surface area (TPSA) is 73.8 Å². The zero-order valence-electron chi connectivity index (χ0n) is 18.7. The van der Waals surface area contributed by atoms with Crippen LogP contribution in [0.3, 0.4) is 0 Å². The van der Waals surface area contributed by atoms with Gasteiger partial charge in [0.1, 0.15) is 5.04 Å². The molecule has 1 aromatic heterocycles. The predicted molar refractivity (Wildman–Crippen MR) is 135 cm³/mol. The molecule has 0 unspecified atom stereocenters. The van der Waals surface area contributed by atoms with Gasteiger partial charge < -0.3 is 4.57 Å². The predicted octanol–water partition coefficient (Wildman–Crippen LogP) is 5.13. The molecule has 0 atom stereocenters. The van der Waals surface area contributed by atoms with Crippen LogP contribution in [0.5, 0.6) is 0 Å². The number of benzene rings is 2. The summed E-state index contributed by atoms with van der Waals surface area (Å²) in [5.74, 6) is -0.361. The van der Waals surface area contributed by atoms with Gasteiger partial charge in [0.15, 0.2) is 5.84 Å². The molecular weight excluding hydrogens is 430 g/mol. The van der Waals surface area contributed by atoms with Crippen LogP contribution >= 0.6 is 11.8 Å². The van der Waals surface area contributed by atoms with Crippen molar-refractivity contribution in [1.82, 2.24) is 9.58 Å². The Morgan fingerprint density at radius 1 is 1.03 bits per heavy atom. The molecule has 0 fully saturated rings. The Kier molecular flexibility index (Phi) is 5.34. The highest BCUT2D eigenvalue weighted by Crippen LogP contribution is 2.31. The number of amidine groups is 2. The Labute approximate surface area is 196 Å². The number of nitrogens with one attached hydrogen (secondary N) is 1. The third kappa shape index (κ3) is 3.96. The first-order valence-electron chi connectivity index (χ1n) is 10.7. The average Bonchev–Trinajstić information content (AvgIpc) is 3.34. The van der Waals surface area contributed by atoms with Gasteiger partial charge >= 0.3 is 0 Å². The van der Waals surface area contributed by atoms with E-state index in [2.05, 4.69) is 33.7 Å². The fourth-order valence-electron chi connectivity index (χ4n) is 4.03. The lowest BCUT2D eigenvalue weighted by atomic mass is 10.1. The monoisotopic (exact) mass is 453 g/mol. The average molecular weight is 454 g/mol. The fourth-order valence-corrected chi connectivity index (χ4v) is 4.91. The summed E-state index contributed by atoms with van der Waals surface area (Å²) in [6, 6.07) is 20.3. The molecule has 2 aliphatic rings. The van der Waals surface area contributed by atoms with Crippen LogP contribution in [-0.2, 0) is 11.3 Å². The maximum absolute atomic E-state index is 12.8. The van der Waals surface area contributed by atoms with Gasteiger partial charge in [-0.2, -0.15) is 15.1 Å². The van der Waals surface area contributed by atoms with Gasteiger partial charge in [0, 0.05) is 23.5 Å². The first-order valence-corrected chi connectivity index (χ1v) is 11.5. The zero-order valence-corrected chi connectivity index (χ0v) is 19.5. The molecule has 0 radical (unpaired) electrons. The normalized spacial score (nSPS) is 16.8. The largest absolute Gasteiger partial charge is 0.344 e. The van der Waals surface area contributed by atoms with Crippen LogP contribution in [0.4, 0.5) is 0 Å². The molecule has 1 amide bonds. The Bertz CT molecular complexity index is 1380. The minimum atomic E-state index is -0.410. The van der Waals surface area contributed by atoms with Crippen molar-refractivity contribution in [1.29, 1.82) is 5.41 Å². The maximum atomic E-state index is 12.8. The number of hydrogen-bond donors (Lipinski definition) is 1. The smallest absolute Gasteiger partial charge is 0.283 e. The summed E-state index contributed by atoms with van der Waals surface area (Å²) in [6.45, 7) is 6.86. The lowest BCUT2D eigenvalue weighted by Gasteiger charge is -2.20. The number of carbonyl (C=O) groups is 1. The molecule has 0 saturated heterocycles. The van der Waals surface area contributed by atoms with Crippen LogP contribution in [0.15, 0.2) is 76.3 Å². The lowest BCUT2D eigenvalue weighted by molar-refractivity contribution is -0.114. The summed E-state index contributed by atoms with van der Waals surface area (Å²) in [5, 5.41) is 15.9. The van der Waals surface area contributed by atoms with Crippen molar-refractivity contribution in [3.8, 4) is 0 Å². The number of hydrogen-bond acceptors (Lipinski definition) is 4. The molecule has 2 aromatic carbocycles. The number of aromatic nitrogens is 1. The van der Waals surface area contributed by atoms with Crippen molar-refractivity contribution in [2.75, 3.05) is 0 Å². The summed E-state index contributed by atoms with van der Waals surface area (Å²) >= 11 is 1.32. The van der Waals surface area contributed by atoms with Crippen LogP contribution in [0.25, 0.3) is 6.08 Å². The highest BCUT2D eigenvalue weighted by Gasteiger charge is 2.36. The third-order valence-corrected chi connectivity index (χ3v) is 6.77. The molecule has 2 aliphatic heterocycles. The van der Waals surface area contributed by atoms with Crippen molar-refractivity contribution >= 4 is 39.8 Å². The van der Waals surface area contributed by atoms with Crippen molar-refractivity contribution in [2.45, 2.75) is 27.3 Å². The molecule has 0 aliphatic carbocycles. The Balaban J connectivity index is 1.46. The van der Waals surface area contributed by atoms with Crippen molar-refractivity contribution in [3.63, 3.8) is 0 Å². The quantitative estimate of drug-likeness (QED) is 0.557. The van der Waals surface area contributed by atoms with E-state index in [9.17, 15) is 4.79 Å². The first kappa shape index (κ1) is 21.2. The molecular formula is C26H23N5OS. The van der Waals surface area contributed by atoms with E-state index < -0.39 is 5.91 Å². The van der Waals surface area contributed by atoms with Gasteiger partial charge in [-0.1, -0.05) is 54.1 Å². The van der Waals surface area contributed by atoms with Crippen LogP contribution in [0.2, 0.25) is 0 Å². The van der Waals surface area contributed by atoms with Gasteiger partial charge in [-0.25, -0.2) is 0 Å². The Morgan fingerprint density at radius 2 is 1.82 bits per heavy atom. The number of aryl methyl sites for hydroxylation is 2. The molecule has 3 aromatic rings. The van der Waals surface area contributed by atoms with E-state index in [1.807, 2.05) is 62.4 Å². The van der Waals surface area contributed by atoms with Crippen LogP contribution in [0.1, 0.15) is 33.6 Å². The van der Waals surface area contributed by atoms with E-state index in [1.165, 1.54) is 22.3 Å². The standard InChI is InChI=1S/C26H23N5OS/c1-16-8-7-11-20(12-16)25-29-31-23(27)22(24(32)28-26(31)33-25)14-21-13-17(2)30(18(21)3)15-19-9-5-4-6-10-19/h4-14,27H,15H2,1-3H3/b22-14-,27-23?. The van der Waals surface area contributed by atoms with Crippen LogP contribution < -0.4 is 0 Å². The molecule has 0 spiro atoms. The number of hydrazone groups is 1. The number of thioether (sulfide) groups is 1. The summed E-state index contributed by atoms with van der Waals surface area (Å²) in [6.07, 6.45) is 1.76. The van der Waals surface area contributed by atoms with E-state index in [0.29, 0.717) is 5.17 Å². The van der Waals surface area contributed by atoms with Crippen molar-refractivity contribution in [2.24, 2.45) is 10.1 Å². The molecule has 3 heterocycles. The lowest BCUT2D eigenvalue weighted by Crippen LogP contribution is -2.35. The highest BCUT2D eigenvalue weighted by molar-refractivity contribution is 8.27.